The Morgan fingerprint density at radius 3 is 2.48 bits per heavy atom. The third-order valence-corrected chi connectivity index (χ3v) is 5.95. The molecular formula is C17H31ClN2O. The molecular weight excluding hydrogens is 284 g/mol. The highest BCUT2D eigenvalue weighted by Gasteiger charge is 2.38. The van der Waals surface area contributed by atoms with Crippen LogP contribution >= 0.6 is 12.4 Å². The van der Waals surface area contributed by atoms with E-state index in [1.165, 1.54) is 57.8 Å². The summed E-state index contributed by atoms with van der Waals surface area (Å²) in [4.78, 5) is 12.4. The summed E-state index contributed by atoms with van der Waals surface area (Å²) in [5.74, 6) is 1.94. The fraction of sp³-hybridized carbons (Fsp3) is 0.941. The first-order valence-corrected chi connectivity index (χ1v) is 8.82. The lowest BCUT2D eigenvalue weighted by Gasteiger charge is -2.29. The molecule has 1 aliphatic heterocycles. The summed E-state index contributed by atoms with van der Waals surface area (Å²) in [6, 6.07) is 1.15. The number of amides is 1. The van der Waals surface area contributed by atoms with Crippen LogP contribution in [-0.2, 0) is 4.79 Å². The number of rotatable bonds is 3. The topological polar surface area (TPSA) is 41.1 Å². The van der Waals surface area contributed by atoms with Crippen LogP contribution in [0.5, 0.6) is 0 Å². The summed E-state index contributed by atoms with van der Waals surface area (Å²) in [5, 5.41) is 6.90. The second-order valence-electron chi connectivity index (χ2n) is 7.24. The van der Waals surface area contributed by atoms with Crippen molar-refractivity contribution in [1.82, 2.24) is 10.6 Å². The molecule has 21 heavy (non-hydrogen) atoms. The van der Waals surface area contributed by atoms with Crippen molar-refractivity contribution < 1.29 is 4.79 Å². The molecule has 3 atom stereocenters. The Labute approximate surface area is 135 Å². The van der Waals surface area contributed by atoms with Crippen LogP contribution in [0.1, 0.15) is 71.1 Å². The number of carbonyl (C=O) groups is 1. The number of hydrogen-bond acceptors (Lipinski definition) is 2. The van der Waals surface area contributed by atoms with Gasteiger partial charge in [-0.2, -0.15) is 0 Å². The zero-order chi connectivity index (χ0) is 13.9. The van der Waals surface area contributed by atoms with Gasteiger partial charge >= 0.3 is 0 Å². The molecule has 122 valence electrons. The number of hydrogen-bond donors (Lipinski definition) is 2. The van der Waals surface area contributed by atoms with Crippen LogP contribution in [0.4, 0.5) is 0 Å². The molecule has 0 radical (unpaired) electrons. The summed E-state index contributed by atoms with van der Waals surface area (Å²) in [7, 11) is 0. The molecule has 0 aromatic heterocycles. The highest BCUT2D eigenvalue weighted by atomic mass is 35.5. The van der Waals surface area contributed by atoms with Crippen molar-refractivity contribution in [1.29, 1.82) is 0 Å². The average molecular weight is 315 g/mol. The monoisotopic (exact) mass is 314 g/mol. The van der Waals surface area contributed by atoms with Gasteiger partial charge in [-0.25, -0.2) is 0 Å². The van der Waals surface area contributed by atoms with E-state index in [0.717, 1.165) is 18.3 Å². The zero-order valence-electron chi connectivity index (χ0n) is 13.3. The SMILES string of the molecule is CCC1CCC(NC(=O)C2CC3CCCCC3N2)CC1.Cl. The van der Waals surface area contributed by atoms with Crippen LogP contribution in [0.3, 0.4) is 0 Å². The Hall–Kier alpha value is -0.280. The number of fused-ring (bicyclic) bond motifs is 1. The molecule has 0 aromatic carbocycles. The Kier molecular flexibility index (Phi) is 6.36. The lowest BCUT2D eigenvalue weighted by atomic mass is 9.84. The quantitative estimate of drug-likeness (QED) is 0.838. The normalized spacial score (nSPS) is 39.2. The molecule has 1 heterocycles. The van der Waals surface area contributed by atoms with Crippen molar-refractivity contribution in [3.05, 3.63) is 0 Å². The average Bonchev–Trinajstić information content (AvgIpc) is 2.92. The van der Waals surface area contributed by atoms with Crippen LogP contribution in [0, 0.1) is 11.8 Å². The van der Waals surface area contributed by atoms with E-state index in [-0.39, 0.29) is 24.4 Å². The molecule has 0 bridgehead atoms. The number of carbonyl (C=O) groups excluding carboxylic acids is 1. The van der Waals surface area contributed by atoms with E-state index < -0.39 is 0 Å². The Morgan fingerprint density at radius 1 is 1.10 bits per heavy atom. The van der Waals surface area contributed by atoms with Gasteiger partial charge in [-0.15, -0.1) is 12.4 Å². The van der Waals surface area contributed by atoms with Crippen molar-refractivity contribution >= 4 is 18.3 Å². The van der Waals surface area contributed by atoms with Crippen LogP contribution in [0.25, 0.3) is 0 Å². The van der Waals surface area contributed by atoms with E-state index in [0.29, 0.717) is 12.1 Å². The molecule has 3 rings (SSSR count). The van der Waals surface area contributed by atoms with Crippen LogP contribution in [-0.4, -0.2) is 24.0 Å². The van der Waals surface area contributed by atoms with E-state index in [4.69, 9.17) is 0 Å². The summed E-state index contributed by atoms with van der Waals surface area (Å²) in [6.45, 7) is 2.29. The lowest BCUT2D eigenvalue weighted by molar-refractivity contribution is -0.123. The van der Waals surface area contributed by atoms with Crippen molar-refractivity contribution in [2.45, 2.75) is 89.3 Å². The zero-order valence-corrected chi connectivity index (χ0v) is 14.1. The van der Waals surface area contributed by atoms with Crippen molar-refractivity contribution in [3.63, 3.8) is 0 Å². The van der Waals surface area contributed by atoms with Crippen molar-refractivity contribution in [2.24, 2.45) is 11.8 Å². The number of nitrogens with one attached hydrogen (secondary N) is 2. The lowest BCUT2D eigenvalue weighted by Crippen LogP contribution is -2.47. The minimum absolute atomic E-state index is 0. The van der Waals surface area contributed by atoms with Gasteiger partial charge in [-0.05, 0) is 56.8 Å². The van der Waals surface area contributed by atoms with Crippen LogP contribution < -0.4 is 10.6 Å². The molecule has 3 fully saturated rings. The predicted octanol–water partition coefficient (Wildman–Crippen LogP) is 3.41. The van der Waals surface area contributed by atoms with Crippen LogP contribution in [0.2, 0.25) is 0 Å². The van der Waals surface area contributed by atoms with Crippen molar-refractivity contribution in [2.75, 3.05) is 0 Å². The fourth-order valence-corrected chi connectivity index (χ4v) is 4.54. The van der Waals surface area contributed by atoms with Gasteiger partial charge in [-0.3, -0.25) is 4.79 Å². The molecule has 3 aliphatic rings. The molecule has 1 amide bonds. The van der Waals surface area contributed by atoms with Crippen LogP contribution in [0.15, 0.2) is 0 Å². The fourth-order valence-electron chi connectivity index (χ4n) is 4.54. The van der Waals surface area contributed by atoms with E-state index in [1.54, 1.807) is 0 Å². The molecule has 0 spiro atoms. The maximum Gasteiger partial charge on any atom is 0.237 e. The summed E-state index contributed by atoms with van der Waals surface area (Å²) < 4.78 is 0. The first-order chi connectivity index (χ1) is 9.76. The summed E-state index contributed by atoms with van der Waals surface area (Å²) in [5.41, 5.74) is 0. The van der Waals surface area contributed by atoms with Gasteiger partial charge < -0.3 is 10.6 Å². The van der Waals surface area contributed by atoms with Gasteiger partial charge in [0.25, 0.3) is 0 Å². The molecule has 4 heteroatoms. The van der Waals surface area contributed by atoms with Crippen molar-refractivity contribution in [3.8, 4) is 0 Å². The predicted molar refractivity (Wildman–Crippen MR) is 88.7 cm³/mol. The van der Waals surface area contributed by atoms with Gasteiger partial charge in [-0.1, -0.05) is 26.2 Å². The van der Waals surface area contributed by atoms with Gasteiger partial charge in [0.2, 0.25) is 5.91 Å². The number of halogens is 1. The maximum atomic E-state index is 12.4. The smallest absolute Gasteiger partial charge is 0.237 e. The van der Waals surface area contributed by atoms with E-state index >= 15 is 0 Å². The minimum atomic E-state index is 0. The molecule has 3 nitrogen and oxygen atoms in total. The first-order valence-electron chi connectivity index (χ1n) is 8.82. The highest BCUT2D eigenvalue weighted by Crippen LogP contribution is 2.33. The largest absolute Gasteiger partial charge is 0.352 e. The molecule has 2 saturated carbocycles. The standard InChI is InChI=1S/C17H30N2O.ClH/c1-2-12-7-9-14(10-8-12)18-17(20)16-11-13-5-3-4-6-15(13)19-16;/h12-16,19H,2-11H2,1H3,(H,18,20);1H. The second kappa shape index (κ2) is 7.82. The molecule has 1 saturated heterocycles. The first kappa shape index (κ1) is 17.1. The van der Waals surface area contributed by atoms with E-state index in [1.807, 2.05) is 0 Å². The molecule has 3 unspecified atom stereocenters. The molecule has 2 N–H and O–H groups in total. The van der Waals surface area contributed by atoms with E-state index in [2.05, 4.69) is 17.6 Å². The van der Waals surface area contributed by atoms with Gasteiger partial charge in [0.05, 0.1) is 6.04 Å². The second-order valence-corrected chi connectivity index (χ2v) is 7.24. The summed E-state index contributed by atoms with van der Waals surface area (Å²) in [6.07, 6.45) is 12.6. The summed E-state index contributed by atoms with van der Waals surface area (Å²) >= 11 is 0. The van der Waals surface area contributed by atoms with E-state index in [9.17, 15) is 4.79 Å². The Balaban J connectivity index is 0.00000161. The maximum absolute atomic E-state index is 12.4. The van der Waals surface area contributed by atoms with Gasteiger partial charge in [0.15, 0.2) is 0 Å². The van der Waals surface area contributed by atoms with Gasteiger partial charge in [0.1, 0.15) is 0 Å². The van der Waals surface area contributed by atoms with Gasteiger partial charge in [0, 0.05) is 12.1 Å². The minimum Gasteiger partial charge on any atom is -0.352 e. The highest BCUT2D eigenvalue weighted by molar-refractivity contribution is 5.85. The third-order valence-electron chi connectivity index (χ3n) is 5.95. The Morgan fingerprint density at radius 2 is 1.81 bits per heavy atom. The molecule has 2 aliphatic carbocycles. The third kappa shape index (κ3) is 4.13. The molecule has 0 aromatic rings. The Bertz CT molecular complexity index is 328.